The number of hydrogen-bond donors (Lipinski definition) is 2. The number of aliphatic imine (C=N–C) groups is 1. The van der Waals surface area contributed by atoms with Crippen molar-refractivity contribution in [3.8, 4) is 0 Å². The summed E-state index contributed by atoms with van der Waals surface area (Å²) < 4.78 is 2.10. The highest BCUT2D eigenvalue weighted by Crippen LogP contribution is 2.23. The summed E-state index contributed by atoms with van der Waals surface area (Å²) in [6.07, 6.45) is 3.13. The van der Waals surface area contributed by atoms with Crippen LogP contribution in [-0.4, -0.2) is 41.5 Å². The number of nitrogens with one attached hydrogen (secondary N) is 2. The van der Waals surface area contributed by atoms with Crippen molar-refractivity contribution >= 4 is 52.9 Å². The van der Waals surface area contributed by atoms with Gasteiger partial charge in [-0.3, -0.25) is 4.99 Å². The molecule has 3 aromatic rings. The lowest BCUT2D eigenvalue weighted by Crippen LogP contribution is -2.44. The van der Waals surface area contributed by atoms with Crippen molar-refractivity contribution in [3.63, 3.8) is 0 Å². The number of imidazole rings is 1. The van der Waals surface area contributed by atoms with Crippen molar-refractivity contribution in [2.24, 2.45) is 4.99 Å². The number of rotatable bonds is 4. The molecule has 0 bridgehead atoms. The maximum Gasteiger partial charge on any atom is 0.191 e. The molecule has 8 heteroatoms. The fourth-order valence-electron chi connectivity index (χ4n) is 3.63. The van der Waals surface area contributed by atoms with E-state index in [1.165, 1.54) is 11.4 Å². The van der Waals surface area contributed by atoms with Crippen LogP contribution in [0.2, 0.25) is 5.02 Å². The van der Waals surface area contributed by atoms with Gasteiger partial charge in [-0.05, 0) is 43.7 Å². The van der Waals surface area contributed by atoms with Gasteiger partial charge in [0.1, 0.15) is 5.65 Å². The molecule has 0 aliphatic carbocycles. The summed E-state index contributed by atoms with van der Waals surface area (Å²) in [6.45, 7) is 4.64. The molecular weight excluding hydrogens is 499 g/mol. The monoisotopic (exact) mass is 524 g/mol. The second kappa shape index (κ2) is 9.67. The van der Waals surface area contributed by atoms with Crippen LogP contribution in [0.5, 0.6) is 0 Å². The maximum atomic E-state index is 6.13. The Labute approximate surface area is 193 Å². The van der Waals surface area contributed by atoms with E-state index in [0.717, 1.165) is 41.8 Å². The predicted molar refractivity (Wildman–Crippen MR) is 131 cm³/mol. The van der Waals surface area contributed by atoms with Crippen LogP contribution < -0.4 is 15.5 Å². The topological polar surface area (TPSA) is 57.0 Å². The first-order valence-corrected chi connectivity index (χ1v) is 9.91. The lowest BCUT2D eigenvalue weighted by atomic mass is 10.2. The van der Waals surface area contributed by atoms with Crippen LogP contribution in [0.4, 0.5) is 5.69 Å². The van der Waals surface area contributed by atoms with Crippen molar-refractivity contribution < 1.29 is 0 Å². The molecule has 1 aliphatic heterocycles. The summed E-state index contributed by atoms with van der Waals surface area (Å²) in [6, 6.07) is 14.5. The third-order valence-electron chi connectivity index (χ3n) is 5.11. The van der Waals surface area contributed by atoms with Crippen LogP contribution in [0.3, 0.4) is 0 Å². The Balaban J connectivity index is 0.00000240. The number of aromatic nitrogens is 2. The highest BCUT2D eigenvalue weighted by atomic mass is 127. The van der Waals surface area contributed by atoms with Crippen LogP contribution in [-0.2, 0) is 6.54 Å². The van der Waals surface area contributed by atoms with Gasteiger partial charge in [-0.1, -0.05) is 23.7 Å². The molecule has 4 rings (SSSR count). The standard InChI is InChI=1S/C21H25ClN6.HI/c1-15-5-3-8-20-25-18(14-28(15)20)12-24-21(23-2)26-17-9-10-27(13-17)19-7-4-6-16(22)11-19;/h3-8,11,14,17H,9-10,12-13H2,1-2H3,(H2,23,24,26);1H. The number of guanidine groups is 1. The van der Waals surface area contributed by atoms with E-state index in [2.05, 4.69) is 55.2 Å². The van der Waals surface area contributed by atoms with Crippen LogP contribution in [0.15, 0.2) is 53.7 Å². The average molecular weight is 525 g/mol. The molecule has 1 atom stereocenters. The quantitative estimate of drug-likeness (QED) is 0.309. The summed E-state index contributed by atoms with van der Waals surface area (Å²) in [7, 11) is 1.80. The van der Waals surface area contributed by atoms with E-state index in [1.807, 2.05) is 30.3 Å². The van der Waals surface area contributed by atoms with E-state index in [0.29, 0.717) is 12.6 Å². The number of pyridine rings is 1. The first kappa shape index (κ1) is 21.7. The average Bonchev–Trinajstić information content (AvgIpc) is 3.32. The van der Waals surface area contributed by atoms with Crippen molar-refractivity contribution in [2.75, 3.05) is 25.0 Å². The minimum Gasteiger partial charge on any atom is -0.369 e. The number of fused-ring (bicyclic) bond motifs is 1. The number of halogens is 2. The van der Waals surface area contributed by atoms with E-state index in [9.17, 15) is 0 Å². The third kappa shape index (κ3) is 5.14. The Morgan fingerprint density at radius 2 is 2.10 bits per heavy atom. The summed E-state index contributed by atoms with van der Waals surface area (Å²) >= 11 is 6.13. The second-order valence-corrected chi connectivity index (χ2v) is 7.55. The van der Waals surface area contributed by atoms with Crippen LogP contribution in [0.1, 0.15) is 17.8 Å². The van der Waals surface area contributed by atoms with Gasteiger partial charge in [-0.25, -0.2) is 4.98 Å². The number of benzene rings is 1. The zero-order valence-corrected chi connectivity index (χ0v) is 19.7. The molecule has 1 saturated heterocycles. The van der Waals surface area contributed by atoms with Gasteiger partial charge in [0.25, 0.3) is 0 Å². The molecular formula is C21H26ClIN6. The van der Waals surface area contributed by atoms with E-state index in [4.69, 9.17) is 11.6 Å². The first-order valence-electron chi connectivity index (χ1n) is 9.53. The molecule has 154 valence electrons. The number of anilines is 1. The van der Waals surface area contributed by atoms with Gasteiger partial charge in [0.2, 0.25) is 0 Å². The van der Waals surface area contributed by atoms with E-state index in [-0.39, 0.29) is 24.0 Å². The molecule has 3 heterocycles. The van der Waals surface area contributed by atoms with Gasteiger partial charge in [0, 0.05) is 48.8 Å². The van der Waals surface area contributed by atoms with Crippen LogP contribution in [0, 0.1) is 6.92 Å². The zero-order valence-electron chi connectivity index (χ0n) is 16.6. The van der Waals surface area contributed by atoms with Gasteiger partial charge in [-0.2, -0.15) is 0 Å². The van der Waals surface area contributed by atoms with Crippen molar-refractivity contribution in [2.45, 2.75) is 25.9 Å². The Morgan fingerprint density at radius 3 is 2.86 bits per heavy atom. The third-order valence-corrected chi connectivity index (χ3v) is 5.34. The van der Waals surface area contributed by atoms with Gasteiger partial charge >= 0.3 is 0 Å². The maximum absolute atomic E-state index is 6.13. The lowest BCUT2D eigenvalue weighted by molar-refractivity contribution is 0.647. The van der Waals surface area contributed by atoms with Crippen molar-refractivity contribution in [3.05, 3.63) is 65.1 Å². The number of hydrogen-bond acceptors (Lipinski definition) is 3. The minimum absolute atomic E-state index is 0. The fraction of sp³-hybridized carbons (Fsp3) is 0.333. The number of nitrogens with zero attached hydrogens (tertiary/aromatic N) is 4. The highest BCUT2D eigenvalue weighted by molar-refractivity contribution is 14.0. The molecule has 29 heavy (non-hydrogen) atoms. The molecule has 1 fully saturated rings. The van der Waals surface area contributed by atoms with E-state index < -0.39 is 0 Å². The molecule has 0 spiro atoms. The molecule has 2 N–H and O–H groups in total. The van der Waals surface area contributed by atoms with Crippen LogP contribution in [0.25, 0.3) is 5.65 Å². The second-order valence-electron chi connectivity index (χ2n) is 7.11. The molecule has 1 unspecified atom stereocenters. The highest BCUT2D eigenvalue weighted by Gasteiger charge is 2.23. The largest absolute Gasteiger partial charge is 0.369 e. The SMILES string of the molecule is CN=C(NCc1cn2c(C)cccc2n1)NC1CCN(c2cccc(Cl)c2)C1.I. The summed E-state index contributed by atoms with van der Waals surface area (Å²) in [5.41, 5.74) is 4.29. The molecule has 2 aromatic heterocycles. The van der Waals surface area contributed by atoms with Crippen molar-refractivity contribution in [1.82, 2.24) is 20.0 Å². The molecule has 1 aromatic carbocycles. The fourth-order valence-corrected chi connectivity index (χ4v) is 3.82. The van der Waals surface area contributed by atoms with E-state index in [1.54, 1.807) is 7.05 Å². The van der Waals surface area contributed by atoms with Gasteiger partial charge in [0.15, 0.2) is 5.96 Å². The Hall–Kier alpha value is -2.00. The molecule has 0 radical (unpaired) electrons. The number of aryl methyl sites for hydroxylation is 1. The Kier molecular flexibility index (Phi) is 7.23. The molecule has 0 amide bonds. The summed E-state index contributed by atoms with van der Waals surface area (Å²) in [5, 5.41) is 7.68. The van der Waals surface area contributed by atoms with Gasteiger partial charge < -0.3 is 19.9 Å². The smallest absolute Gasteiger partial charge is 0.191 e. The normalized spacial score (nSPS) is 16.7. The lowest BCUT2D eigenvalue weighted by Gasteiger charge is -2.20. The van der Waals surface area contributed by atoms with Gasteiger partial charge in [0.05, 0.1) is 12.2 Å². The summed E-state index contributed by atoms with van der Waals surface area (Å²) in [4.78, 5) is 11.4. The van der Waals surface area contributed by atoms with Crippen LogP contribution >= 0.6 is 35.6 Å². The molecule has 6 nitrogen and oxygen atoms in total. The molecule has 1 aliphatic rings. The predicted octanol–water partition coefficient (Wildman–Crippen LogP) is 3.86. The zero-order chi connectivity index (χ0) is 19.5. The first-order chi connectivity index (χ1) is 13.6. The Morgan fingerprint density at radius 1 is 1.28 bits per heavy atom. The summed E-state index contributed by atoms with van der Waals surface area (Å²) in [5.74, 6) is 0.798. The van der Waals surface area contributed by atoms with Crippen molar-refractivity contribution in [1.29, 1.82) is 0 Å². The van der Waals surface area contributed by atoms with Gasteiger partial charge in [-0.15, -0.1) is 24.0 Å². The Bertz CT molecular complexity index is 1000. The molecule has 0 saturated carbocycles. The van der Waals surface area contributed by atoms with E-state index >= 15 is 0 Å². The minimum atomic E-state index is 0.